The van der Waals surface area contributed by atoms with Crippen LogP contribution >= 0.6 is 0 Å². The molecule has 1 aromatic heterocycles. The smallest absolute Gasteiger partial charge is 0.231 e. The van der Waals surface area contributed by atoms with Crippen molar-refractivity contribution in [2.24, 2.45) is 0 Å². The van der Waals surface area contributed by atoms with E-state index in [1.54, 1.807) is 37.5 Å². The molecule has 5 rings (SSSR count). The van der Waals surface area contributed by atoms with Gasteiger partial charge in [0.05, 0.1) is 12.7 Å². The number of fused-ring (bicyclic) bond motifs is 2. The van der Waals surface area contributed by atoms with Gasteiger partial charge in [-0.2, -0.15) is 0 Å². The third kappa shape index (κ3) is 3.81. The number of methoxy groups -OCH3 is 1. The van der Waals surface area contributed by atoms with Crippen LogP contribution in [0.1, 0.15) is 34.0 Å². The van der Waals surface area contributed by atoms with Crippen LogP contribution < -0.4 is 14.2 Å². The van der Waals surface area contributed by atoms with Gasteiger partial charge in [-0.25, -0.2) is 4.39 Å². The number of benzene rings is 3. The summed E-state index contributed by atoms with van der Waals surface area (Å²) in [7, 11) is 1.63. The topological polar surface area (TPSA) is 49.7 Å². The van der Waals surface area contributed by atoms with Crippen molar-refractivity contribution in [1.29, 1.82) is 0 Å². The molecule has 0 fully saturated rings. The van der Waals surface area contributed by atoms with Gasteiger partial charge < -0.3 is 18.8 Å². The van der Waals surface area contributed by atoms with E-state index in [1.165, 1.54) is 12.1 Å². The summed E-state index contributed by atoms with van der Waals surface area (Å²) in [5.41, 5.74) is 4.05. The Labute approximate surface area is 197 Å². The number of carbonyl (C=O) groups excluding carboxylic acids is 1. The summed E-state index contributed by atoms with van der Waals surface area (Å²) in [6, 6.07) is 15.6. The first kappa shape index (κ1) is 21.8. The lowest BCUT2D eigenvalue weighted by Gasteiger charge is -2.11. The van der Waals surface area contributed by atoms with Gasteiger partial charge in [0.25, 0.3) is 0 Å². The summed E-state index contributed by atoms with van der Waals surface area (Å²) in [4.78, 5) is 13.1. The Balaban J connectivity index is 1.45. The van der Waals surface area contributed by atoms with Crippen LogP contribution in [0.4, 0.5) is 4.39 Å². The first-order chi connectivity index (χ1) is 16.5. The van der Waals surface area contributed by atoms with E-state index in [4.69, 9.17) is 14.2 Å². The molecule has 6 heteroatoms. The number of ketones is 1. The lowest BCUT2D eigenvalue weighted by Crippen LogP contribution is -1.98. The lowest BCUT2D eigenvalue weighted by atomic mass is 10.1. The van der Waals surface area contributed by atoms with Gasteiger partial charge >= 0.3 is 0 Å². The van der Waals surface area contributed by atoms with Gasteiger partial charge in [0.2, 0.25) is 5.78 Å². The van der Waals surface area contributed by atoms with E-state index in [-0.39, 0.29) is 24.0 Å². The molecule has 3 aromatic carbocycles. The summed E-state index contributed by atoms with van der Waals surface area (Å²) < 4.78 is 32.6. The SMILES string of the molecule is CCn1cc(/C=C2/Oc3c(ccc(OCc4ccc(F)cc4)c3C)C2=O)c2cc(OC)ccc21. The Hall–Kier alpha value is -4.06. The van der Waals surface area contributed by atoms with E-state index in [0.717, 1.165) is 39.9 Å². The predicted molar refractivity (Wildman–Crippen MR) is 129 cm³/mol. The number of nitrogens with zero attached hydrogens (tertiary/aromatic N) is 1. The van der Waals surface area contributed by atoms with Crippen LogP contribution in [0, 0.1) is 12.7 Å². The fourth-order valence-electron chi connectivity index (χ4n) is 4.21. The lowest BCUT2D eigenvalue weighted by molar-refractivity contribution is 0.101. The van der Waals surface area contributed by atoms with Gasteiger partial charge in [0.1, 0.15) is 29.7 Å². The molecule has 172 valence electrons. The molecule has 1 aliphatic rings. The fraction of sp³-hybridized carbons (Fsp3) is 0.179. The Morgan fingerprint density at radius 2 is 1.88 bits per heavy atom. The molecule has 0 bridgehead atoms. The van der Waals surface area contributed by atoms with E-state index in [1.807, 2.05) is 31.3 Å². The summed E-state index contributed by atoms with van der Waals surface area (Å²) in [6.45, 7) is 5.02. The highest BCUT2D eigenvalue weighted by Gasteiger charge is 2.30. The highest BCUT2D eigenvalue weighted by Crippen LogP contribution is 2.40. The molecule has 0 amide bonds. The summed E-state index contributed by atoms with van der Waals surface area (Å²) in [6.07, 6.45) is 3.80. The third-order valence-corrected chi connectivity index (χ3v) is 6.09. The molecule has 2 heterocycles. The number of halogens is 1. The first-order valence-corrected chi connectivity index (χ1v) is 11.1. The molecular formula is C28H24FNO4. The average molecular weight is 458 g/mol. The molecule has 0 unspecified atom stereocenters. The van der Waals surface area contributed by atoms with Crippen LogP contribution in [0.2, 0.25) is 0 Å². The van der Waals surface area contributed by atoms with Gasteiger partial charge in [-0.1, -0.05) is 12.1 Å². The summed E-state index contributed by atoms with van der Waals surface area (Å²) >= 11 is 0. The second-order valence-electron chi connectivity index (χ2n) is 8.17. The van der Waals surface area contributed by atoms with E-state index >= 15 is 0 Å². The van der Waals surface area contributed by atoms with Crippen molar-refractivity contribution >= 4 is 22.8 Å². The molecule has 5 nitrogen and oxygen atoms in total. The van der Waals surface area contributed by atoms with E-state index in [2.05, 4.69) is 11.5 Å². The van der Waals surface area contributed by atoms with E-state index in [9.17, 15) is 9.18 Å². The molecule has 0 radical (unpaired) electrons. The predicted octanol–water partition coefficient (Wildman–Crippen LogP) is 6.31. The Kier molecular flexibility index (Phi) is 5.57. The number of carbonyl (C=O) groups is 1. The Bertz CT molecular complexity index is 1430. The number of hydrogen-bond donors (Lipinski definition) is 0. The summed E-state index contributed by atoms with van der Waals surface area (Å²) in [5, 5.41) is 0.987. The van der Waals surface area contributed by atoms with E-state index < -0.39 is 0 Å². The molecule has 0 spiro atoms. The van der Waals surface area contributed by atoms with Crippen molar-refractivity contribution in [3.05, 3.63) is 94.6 Å². The normalized spacial score (nSPS) is 13.9. The molecule has 0 N–H and O–H groups in total. The average Bonchev–Trinajstić information content (AvgIpc) is 3.37. The second kappa shape index (κ2) is 8.71. The van der Waals surface area contributed by atoms with Gasteiger partial charge in [0, 0.05) is 34.8 Å². The number of aryl methyl sites for hydroxylation is 1. The van der Waals surface area contributed by atoms with Crippen molar-refractivity contribution in [3.63, 3.8) is 0 Å². The number of Topliss-reactive ketones (excluding diaryl/α,β-unsaturated/α-hetero) is 1. The largest absolute Gasteiger partial charge is 0.497 e. The molecule has 4 aromatic rings. The first-order valence-electron chi connectivity index (χ1n) is 11.1. The van der Waals surface area contributed by atoms with Crippen molar-refractivity contribution in [3.8, 4) is 17.2 Å². The minimum Gasteiger partial charge on any atom is -0.497 e. The summed E-state index contributed by atoms with van der Waals surface area (Å²) in [5.74, 6) is 1.69. The Morgan fingerprint density at radius 3 is 2.62 bits per heavy atom. The minimum atomic E-state index is -0.288. The maximum Gasteiger partial charge on any atom is 0.231 e. The van der Waals surface area contributed by atoms with Gasteiger partial charge in [-0.05, 0) is 68.0 Å². The zero-order valence-corrected chi connectivity index (χ0v) is 19.2. The molecule has 0 atom stereocenters. The number of ether oxygens (including phenoxy) is 3. The highest BCUT2D eigenvalue weighted by atomic mass is 19.1. The zero-order valence-electron chi connectivity index (χ0n) is 19.2. The van der Waals surface area contributed by atoms with Crippen LogP contribution in [0.5, 0.6) is 17.2 Å². The van der Waals surface area contributed by atoms with E-state index in [0.29, 0.717) is 17.1 Å². The molecule has 0 saturated heterocycles. The number of rotatable bonds is 6. The van der Waals surface area contributed by atoms with Gasteiger partial charge in [-0.3, -0.25) is 4.79 Å². The maximum atomic E-state index is 13.1. The Morgan fingerprint density at radius 1 is 1.09 bits per heavy atom. The quantitative estimate of drug-likeness (QED) is 0.318. The van der Waals surface area contributed by atoms with Crippen LogP contribution in [0.15, 0.2) is 66.6 Å². The molecular weight excluding hydrogens is 433 g/mol. The van der Waals surface area contributed by atoms with Crippen molar-refractivity contribution in [1.82, 2.24) is 4.57 Å². The van der Waals surface area contributed by atoms with Crippen LogP contribution in [-0.4, -0.2) is 17.5 Å². The van der Waals surface area contributed by atoms with Crippen LogP contribution in [-0.2, 0) is 13.2 Å². The molecule has 1 aliphatic heterocycles. The maximum absolute atomic E-state index is 13.1. The van der Waals surface area contributed by atoms with Crippen molar-refractivity contribution in [2.75, 3.05) is 7.11 Å². The number of hydrogen-bond acceptors (Lipinski definition) is 4. The van der Waals surface area contributed by atoms with Crippen molar-refractivity contribution < 1.29 is 23.4 Å². The van der Waals surface area contributed by atoms with Crippen molar-refractivity contribution in [2.45, 2.75) is 27.0 Å². The number of aromatic nitrogens is 1. The highest BCUT2D eigenvalue weighted by molar-refractivity contribution is 6.15. The third-order valence-electron chi connectivity index (χ3n) is 6.09. The van der Waals surface area contributed by atoms with Gasteiger partial charge in [0.15, 0.2) is 5.76 Å². The van der Waals surface area contributed by atoms with Crippen LogP contribution in [0.25, 0.3) is 17.0 Å². The molecule has 0 saturated carbocycles. The van der Waals surface area contributed by atoms with Crippen LogP contribution in [0.3, 0.4) is 0 Å². The fourth-order valence-corrected chi connectivity index (χ4v) is 4.21. The minimum absolute atomic E-state index is 0.163. The second-order valence-corrected chi connectivity index (χ2v) is 8.17. The monoisotopic (exact) mass is 457 g/mol. The number of allylic oxidation sites excluding steroid dienone is 1. The molecule has 34 heavy (non-hydrogen) atoms. The zero-order chi connectivity index (χ0) is 23.8. The van der Waals surface area contributed by atoms with Gasteiger partial charge in [-0.15, -0.1) is 0 Å². The molecule has 0 aliphatic carbocycles. The standard InChI is InChI=1S/C28H24FNO4/c1-4-30-15-19(23-14-21(32-3)9-11-24(23)30)13-26-27(31)22-10-12-25(17(2)28(22)34-26)33-16-18-5-7-20(29)8-6-18/h5-15H,4,16H2,1-3H3/b26-13+.